The van der Waals surface area contributed by atoms with Gasteiger partial charge < -0.3 is 10.0 Å². The Hall–Kier alpha value is -1.46. The highest BCUT2D eigenvalue weighted by Crippen LogP contribution is 2.11. The summed E-state index contributed by atoms with van der Waals surface area (Å²) in [5.41, 5.74) is 0.395. The van der Waals surface area contributed by atoms with Crippen LogP contribution in [0.3, 0.4) is 0 Å². The summed E-state index contributed by atoms with van der Waals surface area (Å²) in [5, 5.41) is 9.63. The van der Waals surface area contributed by atoms with Gasteiger partial charge in [-0.05, 0) is 24.6 Å². The van der Waals surface area contributed by atoms with Gasteiger partial charge >= 0.3 is 0 Å². The van der Waals surface area contributed by atoms with Gasteiger partial charge in [0.25, 0.3) is 5.91 Å². The Labute approximate surface area is 118 Å². The van der Waals surface area contributed by atoms with Gasteiger partial charge in [-0.2, -0.15) is 0 Å². The summed E-state index contributed by atoms with van der Waals surface area (Å²) in [5.74, 6) is -0.513. The number of β-amino-alcohol motifs (C(OH)–C–C–N with tert-alkyl or cyclic N) is 1. The number of carbonyl (C=O) groups is 1. The molecule has 1 aromatic carbocycles. The minimum absolute atomic E-state index is 0.125. The Balaban J connectivity index is 1.89. The molecule has 1 heterocycles. The van der Waals surface area contributed by atoms with E-state index < -0.39 is 0 Å². The van der Waals surface area contributed by atoms with E-state index in [0.29, 0.717) is 25.2 Å². The largest absolute Gasteiger partial charge is 0.392 e. The van der Waals surface area contributed by atoms with Crippen LogP contribution >= 0.6 is 0 Å². The zero-order chi connectivity index (χ0) is 14.5. The van der Waals surface area contributed by atoms with Crippen LogP contribution in [-0.4, -0.2) is 59.6 Å². The number of aliphatic hydroxyl groups excluding tert-OH is 1. The zero-order valence-electron chi connectivity index (χ0n) is 11.8. The highest BCUT2D eigenvalue weighted by atomic mass is 19.1. The summed E-state index contributed by atoms with van der Waals surface area (Å²) in [6.07, 6.45) is 0.433. The summed E-state index contributed by atoms with van der Waals surface area (Å²) in [7, 11) is 0. The Morgan fingerprint density at radius 3 is 2.65 bits per heavy atom. The first-order valence-corrected chi connectivity index (χ1v) is 7.05. The highest BCUT2D eigenvalue weighted by Gasteiger charge is 2.23. The molecule has 4 nitrogen and oxygen atoms in total. The van der Waals surface area contributed by atoms with E-state index in [1.165, 1.54) is 12.1 Å². The molecule has 110 valence electrons. The molecule has 20 heavy (non-hydrogen) atoms. The van der Waals surface area contributed by atoms with Crippen LogP contribution in [0.5, 0.6) is 0 Å². The second kappa shape index (κ2) is 6.81. The van der Waals surface area contributed by atoms with Crippen molar-refractivity contribution in [3.05, 3.63) is 35.6 Å². The summed E-state index contributed by atoms with van der Waals surface area (Å²) >= 11 is 0. The minimum Gasteiger partial charge on any atom is -0.392 e. The van der Waals surface area contributed by atoms with Crippen LogP contribution in [0.4, 0.5) is 4.39 Å². The topological polar surface area (TPSA) is 43.8 Å². The molecule has 5 heteroatoms. The number of amides is 1. The minimum atomic E-state index is -0.388. The molecule has 0 radical (unpaired) electrons. The lowest BCUT2D eigenvalue weighted by atomic mass is 10.1. The summed E-state index contributed by atoms with van der Waals surface area (Å²) < 4.78 is 13.1. The maximum absolute atomic E-state index is 13.1. The number of nitrogens with zero attached hydrogens (tertiary/aromatic N) is 2. The smallest absolute Gasteiger partial charge is 0.254 e. The lowest BCUT2D eigenvalue weighted by molar-refractivity contribution is 0.0523. The number of rotatable bonds is 4. The monoisotopic (exact) mass is 280 g/mol. The van der Waals surface area contributed by atoms with Crippen LogP contribution in [0, 0.1) is 5.82 Å². The lowest BCUT2D eigenvalue weighted by Crippen LogP contribution is -2.50. The van der Waals surface area contributed by atoms with Crippen LogP contribution < -0.4 is 0 Å². The third kappa shape index (κ3) is 3.77. The molecule has 1 N–H and O–H groups in total. The summed E-state index contributed by atoms with van der Waals surface area (Å²) in [6, 6.07) is 5.80. The average Bonchev–Trinajstić information content (AvgIpc) is 2.47. The van der Waals surface area contributed by atoms with Crippen molar-refractivity contribution in [2.75, 3.05) is 32.7 Å². The molecule has 1 aliphatic heterocycles. The lowest BCUT2D eigenvalue weighted by Gasteiger charge is -2.35. The third-order valence-electron chi connectivity index (χ3n) is 3.67. The predicted octanol–water partition coefficient (Wildman–Crippen LogP) is 1.35. The third-order valence-corrected chi connectivity index (χ3v) is 3.67. The van der Waals surface area contributed by atoms with Crippen molar-refractivity contribution < 1.29 is 14.3 Å². The van der Waals surface area contributed by atoms with Gasteiger partial charge in [0.05, 0.1) is 6.10 Å². The van der Waals surface area contributed by atoms with Crippen molar-refractivity contribution in [3.63, 3.8) is 0 Å². The van der Waals surface area contributed by atoms with Crippen molar-refractivity contribution in [2.45, 2.75) is 19.4 Å². The number of piperazine rings is 1. The zero-order valence-corrected chi connectivity index (χ0v) is 11.8. The summed E-state index contributed by atoms with van der Waals surface area (Å²) in [4.78, 5) is 16.1. The van der Waals surface area contributed by atoms with Crippen LogP contribution in [0.25, 0.3) is 0 Å². The van der Waals surface area contributed by atoms with Crippen molar-refractivity contribution in [1.29, 1.82) is 0 Å². The van der Waals surface area contributed by atoms with Gasteiger partial charge in [-0.25, -0.2) is 4.39 Å². The molecule has 1 fully saturated rings. The molecule has 1 atom stereocenters. The number of hydrogen-bond donors (Lipinski definition) is 1. The van der Waals surface area contributed by atoms with Crippen molar-refractivity contribution >= 4 is 5.91 Å². The van der Waals surface area contributed by atoms with Gasteiger partial charge in [-0.3, -0.25) is 9.69 Å². The SMILES string of the molecule is CCC(O)CN1CCN(C(=O)c2cccc(F)c2)CC1. The van der Waals surface area contributed by atoms with E-state index in [-0.39, 0.29) is 17.8 Å². The molecular weight excluding hydrogens is 259 g/mol. The molecular formula is C15H21FN2O2. The highest BCUT2D eigenvalue weighted by molar-refractivity contribution is 5.94. The Morgan fingerprint density at radius 2 is 2.05 bits per heavy atom. The molecule has 1 amide bonds. The fourth-order valence-electron chi connectivity index (χ4n) is 2.36. The van der Waals surface area contributed by atoms with E-state index in [1.807, 2.05) is 6.92 Å². The fourth-order valence-corrected chi connectivity index (χ4v) is 2.36. The quantitative estimate of drug-likeness (QED) is 0.905. The van der Waals surface area contributed by atoms with Gasteiger partial charge in [0.15, 0.2) is 0 Å². The van der Waals surface area contributed by atoms with Gasteiger partial charge in [0.2, 0.25) is 0 Å². The Kier molecular flexibility index (Phi) is 5.09. The number of halogens is 1. The average molecular weight is 280 g/mol. The molecule has 1 saturated heterocycles. The van der Waals surface area contributed by atoms with E-state index in [4.69, 9.17) is 0 Å². The van der Waals surface area contributed by atoms with E-state index in [9.17, 15) is 14.3 Å². The van der Waals surface area contributed by atoms with Gasteiger partial charge in [-0.15, -0.1) is 0 Å². The summed E-state index contributed by atoms with van der Waals surface area (Å²) in [6.45, 7) is 5.33. The second-order valence-electron chi connectivity index (χ2n) is 5.17. The molecule has 0 aliphatic carbocycles. The predicted molar refractivity (Wildman–Crippen MR) is 75.0 cm³/mol. The van der Waals surface area contributed by atoms with Gasteiger partial charge in [0, 0.05) is 38.3 Å². The standard InChI is InChI=1S/C15H21FN2O2/c1-2-14(19)11-17-6-8-18(9-7-17)15(20)12-4-3-5-13(16)10-12/h3-5,10,14,19H,2,6-9,11H2,1H3. The van der Waals surface area contributed by atoms with Crippen LogP contribution in [0.15, 0.2) is 24.3 Å². The van der Waals surface area contributed by atoms with Crippen molar-refractivity contribution in [3.8, 4) is 0 Å². The van der Waals surface area contributed by atoms with Crippen LogP contribution in [0.2, 0.25) is 0 Å². The van der Waals surface area contributed by atoms with Crippen molar-refractivity contribution in [2.24, 2.45) is 0 Å². The van der Waals surface area contributed by atoms with Crippen LogP contribution in [-0.2, 0) is 0 Å². The van der Waals surface area contributed by atoms with E-state index in [2.05, 4.69) is 4.90 Å². The number of benzene rings is 1. The number of aliphatic hydroxyl groups is 1. The fraction of sp³-hybridized carbons (Fsp3) is 0.533. The molecule has 1 unspecified atom stereocenters. The van der Waals surface area contributed by atoms with E-state index in [1.54, 1.807) is 17.0 Å². The molecule has 1 aliphatic rings. The number of hydrogen-bond acceptors (Lipinski definition) is 3. The number of carbonyl (C=O) groups excluding carboxylic acids is 1. The van der Waals surface area contributed by atoms with E-state index in [0.717, 1.165) is 19.5 Å². The molecule has 0 bridgehead atoms. The Bertz CT molecular complexity index is 459. The molecule has 2 rings (SSSR count). The molecule has 0 aromatic heterocycles. The first-order chi connectivity index (χ1) is 9.60. The molecule has 0 saturated carbocycles. The maximum Gasteiger partial charge on any atom is 0.254 e. The molecule has 1 aromatic rings. The van der Waals surface area contributed by atoms with E-state index >= 15 is 0 Å². The maximum atomic E-state index is 13.1. The van der Waals surface area contributed by atoms with Crippen molar-refractivity contribution in [1.82, 2.24) is 9.80 Å². The first kappa shape index (κ1) is 14.9. The van der Waals surface area contributed by atoms with Crippen LogP contribution in [0.1, 0.15) is 23.7 Å². The molecule has 0 spiro atoms. The normalized spacial score (nSPS) is 18.1. The first-order valence-electron chi connectivity index (χ1n) is 7.05. The van der Waals surface area contributed by atoms with Gasteiger partial charge in [-0.1, -0.05) is 13.0 Å². The van der Waals surface area contributed by atoms with Gasteiger partial charge in [0.1, 0.15) is 5.82 Å². The Morgan fingerprint density at radius 1 is 1.35 bits per heavy atom. The second-order valence-corrected chi connectivity index (χ2v) is 5.17.